The van der Waals surface area contributed by atoms with Gasteiger partial charge in [-0.3, -0.25) is 9.69 Å². The number of carbonyl (C=O) groups is 2. The molecule has 8 nitrogen and oxygen atoms in total. The summed E-state index contributed by atoms with van der Waals surface area (Å²) in [6.45, 7) is 3.38. The van der Waals surface area contributed by atoms with Crippen LogP contribution in [0, 0.1) is 0 Å². The highest BCUT2D eigenvalue weighted by atomic mass is 32.2. The van der Waals surface area contributed by atoms with Crippen molar-refractivity contribution in [2.45, 2.75) is 18.2 Å². The number of fused-ring (bicyclic) bond motifs is 1. The van der Waals surface area contributed by atoms with E-state index >= 15 is 0 Å². The molecule has 0 bridgehead atoms. The van der Waals surface area contributed by atoms with Gasteiger partial charge in [0.05, 0.1) is 12.4 Å². The maximum absolute atomic E-state index is 13.4. The number of hydrogen-bond donors (Lipinski definition) is 1. The Morgan fingerprint density at radius 3 is 2.23 bits per heavy atom. The number of nitrogens with one attached hydrogen (secondary N) is 1. The van der Waals surface area contributed by atoms with Gasteiger partial charge in [0.2, 0.25) is 10.0 Å². The van der Waals surface area contributed by atoms with E-state index in [0.29, 0.717) is 26.2 Å². The number of carbonyl (C=O) groups excluding carboxylic acids is 2. The smallest absolute Gasteiger partial charge is 0.319 e. The zero-order valence-electron chi connectivity index (χ0n) is 19.6. The van der Waals surface area contributed by atoms with Gasteiger partial charge in [-0.05, 0) is 34.9 Å². The molecule has 2 saturated heterocycles. The lowest BCUT2D eigenvalue weighted by molar-refractivity contribution is -0.132. The topological polar surface area (TPSA) is 90.0 Å². The van der Waals surface area contributed by atoms with Crippen LogP contribution in [-0.2, 0) is 26.1 Å². The molecule has 182 valence electrons. The number of amides is 3. The maximum Gasteiger partial charge on any atom is 0.326 e. The first-order valence-corrected chi connectivity index (χ1v) is 13.2. The van der Waals surface area contributed by atoms with Crippen molar-refractivity contribution in [3.05, 3.63) is 83.9 Å². The van der Waals surface area contributed by atoms with Crippen LogP contribution in [0.3, 0.4) is 0 Å². The molecule has 5 rings (SSSR count). The van der Waals surface area contributed by atoms with Crippen molar-refractivity contribution in [1.82, 2.24) is 19.4 Å². The van der Waals surface area contributed by atoms with Crippen LogP contribution < -0.4 is 5.32 Å². The molecule has 2 fully saturated rings. The van der Waals surface area contributed by atoms with Crippen molar-refractivity contribution in [3.63, 3.8) is 0 Å². The van der Waals surface area contributed by atoms with Gasteiger partial charge in [-0.25, -0.2) is 18.1 Å². The number of rotatable bonds is 6. The van der Waals surface area contributed by atoms with E-state index in [2.05, 4.69) is 5.32 Å². The average molecular weight is 493 g/mol. The predicted octanol–water partition coefficient (Wildman–Crippen LogP) is 2.71. The van der Waals surface area contributed by atoms with Gasteiger partial charge in [-0.15, -0.1) is 0 Å². The third-order valence-electron chi connectivity index (χ3n) is 6.86. The number of imide groups is 1. The lowest BCUT2D eigenvalue weighted by Gasteiger charge is -2.35. The van der Waals surface area contributed by atoms with E-state index in [-0.39, 0.29) is 18.3 Å². The summed E-state index contributed by atoms with van der Waals surface area (Å²) in [5.41, 5.74) is 0.332. The minimum atomic E-state index is -3.43. The molecule has 0 aliphatic carbocycles. The number of piperazine rings is 1. The molecule has 0 radical (unpaired) electrons. The summed E-state index contributed by atoms with van der Waals surface area (Å²) in [7, 11) is -3.43. The Kier molecular flexibility index (Phi) is 6.08. The summed E-state index contributed by atoms with van der Waals surface area (Å²) < 4.78 is 27.1. The summed E-state index contributed by atoms with van der Waals surface area (Å²) in [5.74, 6) is -0.345. The van der Waals surface area contributed by atoms with Gasteiger partial charge >= 0.3 is 6.03 Å². The standard InChI is InChI=1S/C26H28N4O4S/c1-26(23-12-11-21-9-5-6-10-22(21)17-23)24(31)30(25(32)27-26)19-28-13-15-29(16-14-28)35(33,34)18-20-7-3-2-4-8-20/h2-12,17H,13-16,18-19H2,1H3,(H,27,32). The first kappa shape index (κ1) is 23.5. The third kappa shape index (κ3) is 4.54. The molecule has 3 aromatic carbocycles. The van der Waals surface area contributed by atoms with E-state index in [0.717, 1.165) is 21.9 Å². The van der Waals surface area contributed by atoms with Crippen LogP contribution in [0.2, 0.25) is 0 Å². The Bertz CT molecular complexity index is 1370. The molecule has 2 aliphatic heterocycles. The molecular formula is C26H28N4O4S. The van der Waals surface area contributed by atoms with E-state index in [1.807, 2.05) is 65.6 Å². The SMILES string of the molecule is CC1(c2ccc3ccccc3c2)NC(=O)N(CN2CCN(S(=O)(=O)Cc3ccccc3)CC2)C1=O. The van der Waals surface area contributed by atoms with Crippen LogP contribution in [0.1, 0.15) is 18.1 Å². The van der Waals surface area contributed by atoms with Gasteiger partial charge in [0.1, 0.15) is 5.54 Å². The Balaban J connectivity index is 1.24. The van der Waals surface area contributed by atoms with Gasteiger partial charge in [0.25, 0.3) is 5.91 Å². The van der Waals surface area contributed by atoms with Gasteiger partial charge in [-0.1, -0.05) is 66.7 Å². The van der Waals surface area contributed by atoms with E-state index in [4.69, 9.17) is 0 Å². The number of sulfonamides is 1. The van der Waals surface area contributed by atoms with Crippen LogP contribution in [0.4, 0.5) is 4.79 Å². The van der Waals surface area contributed by atoms with Gasteiger partial charge in [0, 0.05) is 26.2 Å². The van der Waals surface area contributed by atoms with Crippen molar-refractivity contribution in [2.75, 3.05) is 32.8 Å². The van der Waals surface area contributed by atoms with Gasteiger partial charge in [-0.2, -0.15) is 4.31 Å². The lowest BCUT2D eigenvalue weighted by atomic mass is 9.90. The Morgan fingerprint density at radius 2 is 1.51 bits per heavy atom. The van der Waals surface area contributed by atoms with Crippen molar-refractivity contribution in [3.8, 4) is 0 Å². The lowest BCUT2D eigenvalue weighted by Crippen LogP contribution is -2.53. The zero-order valence-corrected chi connectivity index (χ0v) is 20.4. The zero-order chi connectivity index (χ0) is 24.6. The molecule has 1 N–H and O–H groups in total. The highest BCUT2D eigenvalue weighted by molar-refractivity contribution is 7.88. The molecule has 35 heavy (non-hydrogen) atoms. The van der Waals surface area contributed by atoms with Crippen LogP contribution in [-0.4, -0.2) is 67.3 Å². The number of hydrogen-bond acceptors (Lipinski definition) is 5. The molecular weight excluding hydrogens is 464 g/mol. The van der Waals surface area contributed by atoms with Crippen molar-refractivity contribution < 1.29 is 18.0 Å². The second-order valence-corrected chi connectivity index (χ2v) is 11.2. The van der Waals surface area contributed by atoms with E-state index in [1.54, 1.807) is 19.1 Å². The quantitative estimate of drug-likeness (QED) is 0.535. The fourth-order valence-corrected chi connectivity index (χ4v) is 6.26. The minimum Gasteiger partial charge on any atom is -0.319 e. The second kappa shape index (κ2) is 9.07. The van der Waals surface area contributed by atoms with E-state index in [1.165, 1.54) is 9.21 Å². The van der Waals surface area contributed by atoms with E-state index in [9.17, 15) is 18.0 Å². The summed E-state index contributed by atoms with van der Waals surface area (Å²) in [4.78, 5) is 29.4. The molecule has 3 aromatic rings. The van der Waals surface area contributed by atoms with Crippen LogP contribution in [0.15, 0.2) is 72.8 Å². The largest absolute Gasteiger partial charge is 0.326 e. The molecule has 0 saturated carbocycles. The minimum absolute atomic E-state index is 0.0367. The Hall–Kier alpha value is -3.27. The molecule has 2 heterocycles. The molecule has 9 heteroatoms. The van der Waals surface area contributed by atoms with Crippen molar-refractivity contribution >= 4 is 32.7 Å². The maximum atomic E-state index is 13.4. The molecule has 1 atom stereocenters. The molecule has 0 spiro atoms. The predicted molar refractivity (Wildman–Crippen MR) is 134 cm³/mol. The first-order valence-electron chi connectivity index (χ1n) is 11.6. The molecule has 2 aliphatic rings. The number of nitrogens with zero attached hydrogens (tertiary/aromatic N) is 3. The second-order valence-electron chi connectivity index (χ2n) is 9.25. The fourth-order valence-electron chi connectivity index (χ4n) is 4.75. The average Bonchev–Trinajstić information content (AvgIpc) is 3.08. The molecule has 3 amide bonds. The highest BCUT2D eigenvalue weighted by Crippen LogP contribution is 2.31. The normalized spacial score (nSPS) is 22.0. The van der Waals surface area contributed by atoms with Crippen molar-refractivity contribution in [2.24, 2.45) is 0 Å². The van der Waals surface area contributed by atoms with Crippen LogP contribution in [0.5, 0.6) is 0 Å². The third-order valence-corrected chi connectivity index (χ3v) is 8.71. The summed E-state index contributed by atoms with van der Waals surface area (Å²) in [5, 5.41) is 4.93. The van der Waals surface area contributed by atoms with Crippen LogP contribution in [0.25, 0.3) is 10.8 Å². The van der Waals surface area contributed by atoms with E-state index < -0.39 is 21.6 Å². The Morgan fingerprint density at radius 1 is 0.857 bits per heavy atom. The molecule has 1 unspecified atom stereocenters. The van der Waals surface area contributed by atoms with Gasteiger partial charge < -0.3 is 5.32 Å². The monoisotopic (exact) mass is 492 g/mol. The fraction of sp³-hybridized carbons (Fsp3) is 0.308. The summed E-state index contributed by atoms with van der Waals surface area (Å²) >= 11 is 0. The summed E-state index contributed by atoms with van der Waals surface area (Å²) in [6.07, 6.45) is 0. The summed E-state index contributed by atoms with van der Waals surface area (Å²) in [6, 6.07) is 22.3. The number of benzene rings is 3. The Labute approximate surface area is 205 Å². The highest BCUT2D eigenvalue weighted by Gasteiger charge is 2.49. The van der Waals surface area contributed by atoms with Gasteiger partial charge in [0.15, 0.2) is 0 Å². The van der Waals surface area contributed by atoms with Crippen molar-refractivity contribution in [1.29, 1.82) is 0 Å². The number of urea groups is 1. The van der Waals surface area contributed by atoms with Crippen LogP contribution >= 0.6 is 0 Å². The first-order chi connectivity index (χ1) is 16.8. The molecule has 0 aromatic heterocycles.